The number of nitrogens with zero attached hydrogens (tertiary/aromatic N) is 1. The maximum atomic E-state index is 10.9. The number of hydrogen-bond acceptors (Lipinski definition) is 5. The van der Waals surface area contributed by atoms with Crippen LogP contribution in [0.3, 0.4) is 0 Å². The van der Waals surface area contributed by atoms with Crippen LogP contribution >= 0.6 is 11.3 Å². The summed E-state index contributed by atoms with van der Waals surface area (Å²) in [6.07, 6.45) is 3.89. The number of carbonyl (C=O) groups is 2. The van der Waals surface area contributed by atoms with Gasteiger partial charge in [-0.1, -0.05) is 0 Å². The Bertz CT molecular complexity index is 397. The Morgan fingerprint density at radius 2 is 2.40 bits per heavy atom. The lowest BCUT2D eigenvalue weighted by molar-refractivity contribution is -0.137. The Kier molecular flexibility index (Phi) is 3.99. The quantitative estimate of drug-likeness (QED) is 0.621. The first-order chi connectivity index (χ1) is 7.13. The third-order valence-corrected chi connectivity index (χ3v) is 2.33. The van der Waals surface area contributed by atoms with Gasteiger partial charge >= 0.3 is 11.9 Å². The van der Waals surface area contributed by atoms with E-state index in [1.54, 1.807) is 6.92 Å². The number of rotatable bonds is 4. The van der Waals surface area contributed by atoms with Crippen molar-refractivity contribution in [2.45, 2.75) is 6.92 Å². The Balaban J connectivity index is 2.64. The monoisotopic (exact) mass is 227 g/mol. The summed E-state index contributed by atoms with van der Waals surface area (Å²) in [5.41, 5.74) is 0. The van der Waals surface area contributed by atoms with Crippen LogP contribution in [0.1, 0.15) is 21.6 Å². The Morgan fingerprint density at radius 3 is 2.93 bits per heavy atom. The average Bonchev–Trinajstić information content (AvgIpc) is 2.63. The van der Waals surface area contributed by atoms with Crippen molar-refractivity contribution >= 4 is 29.4 Å². The van der Waals surface area contributed by atoms with Gasteiger partial charge in [-0.2, -0.15) is 0 Å². The van der Waals surface area contributed by atoms with Crippen LogP contribution in [-0.2, 0) is 9.53 Å². The van der Waals surface area contributed by atoms with E-state index in [0.29, 0.717) is 11.6 Å². The molecule has 0 aromatic carbocycles. The number of ether oxygens (including phenoxy) is 1. The molecule has 80 valence electrons. The maximum absolute atomic E-state index is 10.9. The smallest absolute Gasteiger partial charge is 0.347 e. The number of carbonyl (C=O) groups excluding carboxylic acids is 1. The molecule has 0 fully saturated rings. The van der Waals surface area contributed by atoms with Crippen molar-refractivity contribution in [3.05, 3.63) is 22.2 Å². The third-order valence-electron chi connectivity index (χ3n) is 1.38. The molecule has 0 unspecified atom stereocenters. The van der Waals surface area contributed by atoms with Crippen LogP contribution in [0.2, 0.25) is 0 Å². The fraction of sp³-hybridized carbons (Fsp3) is 0.222. The predicted molar refractivity (Wildman–Crippen MR) is 54.7 cm³/mol. The Morgan fingerprint density at radius 1 is 1.67 bits per heavy atom. The molecule has 1 N–H and O–H groups in total. The van der Waals surface area contributed by atoms with Gasteiger partial charge in [0.05, 0.1) is 12.8 Å². The minimum absolute atomic E-state index is 0.138. The molecule has 1 rings (SSSR count). The fourth-order valence-electron chi connectivity index (χ4n) is 0.793. The molecule has 15 heavy (non-hydrogen) atoms. The first-order valence-corrected chi connectivity index (χ1v) is 4.99. The number of thiazole rings is 1. The van der Waals surface area contributed by atoms with Crippen molar-refractivity contribution in [3.8, 4) is 0 Å². The molecule has 0 bridgehead atoms. The first kappa shape index (κ1) is 11.4. The summed E-state index contributed by atoms with van der Waals surface area (Å²) < 4.78 is 4.65. The zero-order valence-corrected chi connectivity index (χ0v) is 8.78. The van der Waals surface area contributed by atoms with Crippen LogP contribution in [0.25, 0.3) is 6.08 Å². The highest BCUT2D eigenvalue weighted by Crippen LogP contribution is 2.13. The van der Waals surface area contributed by atoms with Crippen molar-refractivity contribution in [3.63, 3.8) is 0 Å². The molecule has 0 spiro atoms. The van der Waals surface area contributed by atoms with Gasteiger partial charge in [0.2, 0.25) is 0 Å². The van der Waals surface area contributed by atoms with E-state index in [0.717, 1.165) is 11.3 Å². The van der Waals surface area contributed by atoms with E-state index in [9.17, 15) is 9.59 Å². The molecular formula is C9H9NO4S. The van der Waals surface area contributed by atoms with Crippen molar-refractivity contribution in [2.24, 2.45) is 0 Å². The highest BCUT2D eigenvalue weighted by Gasteiger charge is 2.06. The second-order valence-corrected chi connectivity index (χ2v) is 3.52. The number of hydrogen-bond donors (Lipinski definition) is 1. The highest BCUT2D eigenvalue weighted by molar-refractivity contribution is 7.14. The minimum Gasteiger partial charge on any atom is -0.477 e. The van der Waals surface area contributed by atoms with Crippen LogP contribution in [-0.4, -0.2) is 28.6 Å². The maximum Gasteiger partial charge on any atom is 0.347 e. The second-order valence-electron chi connectivity index (χ2n) is 2.45. The van der Waals surface area contributed by atoms with E-state index < -0.39 is 11.9 Å². The molecule has 1 heterocycles. The van der Waals surface area contributed by atoms with Crippen LogP contribution < -0.4 is 0 Å². The van der Waals surface area contributed by atoms with E-state index in [-0.39, 0.29) is 4.88 Å². The molecule has 1 aromatic heterocycles. The van der Waals surface area contributed by atoms with E-state index in [1.165, 1.54) is 18.3 Å². The summed E-state index contributed by atoms with van der Waals surface area (Å²) in [6.45, 7) is 2.01. The lowest BCUT2D eigenvalue weighted by Gasteiger charge is -1.92. The van der Waals surface area contributed by atoms with Gasteiger partial charge in [0.15, 0.2) is 0 Å². The molecule has 0 amide bonds. The predicted octanol–water partition coefficient (Wildman–Crippen LogP) is 1.42. The average molecular weight is 227 g/mol. The molecule has 0 saturated carbocycles. The molecule has 0 radical (unpaired) electrons. The van der Waals surface area contributed by atoms with E-state index >= 15 is 0 Å². The molecule has 0 aliphatic carbocycles. The molecular weight excluding hydrogens is 218 g/mol. The van der Waals surface area contributed by atoms with Gasteiger partial charge in [0.25, 0.3) is 0 Å². The zero-order valence-electron chi connectivity index (χ0n) is 7.97. The topological polar surface area (TPSA) is 76.5 Å². The summed E-state index contributed by atoms with van der Waals surface area (Å²) in [7, 11) is 0. The van der Waals surface area contributed by atoms with E-state index in [2.05, 4.69) is 9.72 Å². The molecule has 0 aliphatic heterocycles. The van der Waals surface area contributed by atoms with Gasteiger partial charge in [0.1, 0.15) is 9.88 Å². The van der Waals surface area contributed by atoms with Gasteiger partial charge < -0.3 is 9.84 Å². The van der Waals surface area contributed by atoms with Crippen molar-refractivity contribution < 1.29 is 19.4 Å². The Labute approximate surface area is 90.0 Å². The normalized spacial score (nSPS) is 10.5. The first-order valence-electron chi connectivity index (χ1n) is 4.17. The number of aromatic nitrogens is 1. The summed E-state index contributed by atoms with van der Waals surface area (Å²) in [5, 5.41) is 9.07. The fourth-order valence-corrected chi connectivity index (χ4v) is 1.45. The number of aromatic carboxylic acids is 1. The number of carboxylic acids is 1. The molecule has 5 nitrogen and oxygen atoms in total. The summed E-state index contributed by atoms with van der Waals surface area (Å²) >= 11 is 0.996. The van der Waals surface area contributed by atoms with Gasteiger partial charge in [-0.05, 0) is 13.0 Å². The van der Waals surface area contributed by atoms with Crippen molar-refractivity contribution in [2.75, 3.05) is 6.61 Å². The van der Waals surface area contributed by atoms with Crippen LogP contribution in [0.15, 0.2) is 12.3 Å². The largest absolute Gasteiger partial charge is 0.477 e. The standard InChI is InChI=1S/C9H9NO4S/c1-2-14-8(11)4-3-7-10-5-6(15-7)9(12)13/h3-5H,2H2,1H3,(H,12,13). The summed E-state index contributed by atoms with van der Waals surface area (Å²) in [5.74, 6) is -1.49. The SMILES string of the molecule is CCOC(=O)C=Cc1ncc(C(=O)O)s1. The zero-order chi connectivity index (χ0) is 11.3. The lowest BCUT2D eigenvalue weighted by Crippen LogP contribution is -1.98. The van der Waals surface area contributed by atoms with Gasteiger partial charge in [0, 0.05) is 6.08 Å². The second kappa shape index (κ2) is 5.26. The van der Waals surface area contributed by atoms with Crippen LogP contribution in [0.4, 0.5) is 0 Å². The van der Waals surface area contributed by atoms with Gasteiger partial charge in [-0.15, -0.1) is 11.3 Å². The van der Waals surface area contributed by atoms with Crippen LogP contribution in [0.5, 0.6) is 0 Å². The minimum atomic E-state index is -1.02. The summed E-state index contributed by atoms with van der Waals surface area (Å²) in [6, 6.07) is 0. The van der Waals surface area contributed by atoms with E-state index in [1.807, 2.05) is 0 Å². The number of carboxylic acid groups (broad SMARTS) is 1. The molecule has 0 aliphatic rings. The van der Waals surface area contributed by atoms with Gasteiger partial charge in [-0.3, -0.25) is 0 Å². The lowest BCUT2D eigenvalue weighted by atomic mass is 10.5. The Hall–Kier alpha value is -1.69. The highest BCUT2D eigenvalue weighted by atomic mass is 32.1. The molecule has 0 saturated heterocycles. The number of esters is 1. The van der Waals surface area contributed by atoms with Gasteiger partial charge in [-0.25, -0.2) is 14.6 Å². The van der Waals surface area contributed by atoms with Crippen molar-refractivity contribution in [1.29, 1.82) is 0 Å². The molecule has 0 atom stereocenters. The van der Waals surface area contributed by atoms with Crippen molar-refractivity contribution in [1.82, 2.24) is 4.98 Å². The third kappa shape index (κ3) is 3.51. The molecule has 6 heteroatoms. The van der Waals surface area contributed by atoms with E-state index in [4.69, 9.17) is 5.11 Å². The summed E-state index contributed by atoms with van der Waals surface area (Å²) in [4.78, 5) is 25.4. The van der Waals surface area contributed by atoms with Crippen LogP contribution in [0, 0.1) is 0 Å². The molecule has 1 aromatic rings.